The van der Waals surface area contributed by atoms with Crippen molar-refractivity contribution >= 4 is 0 Å². The molecule has 0 aliphatic heterocycles. The third-order valence-electron chi connectivity index (χ3n) is 2.19. The Bertz CT molecular complexity index is 429. The van der Waals surface area contributed by atoms with Gasteiger partial charge in [0.15, 0.2) is 0 Å². The van der Waals surface area contributed by atoms with E-state index in [0.29, 0.717) is 18.7 Å². The number of aryl methyl sites for hydroxylation is 2. The fourth-order valence-corrected chi connectivity index (χ4v) is 1.48. The van der Waals surface area contributed by atoms with Crippen LogP contribution < -0.4 is 11.2 Å². The van der Waals surface area contributed by atoms with Crippen LogP contribution in [0.1, 0.15) is 25.8 Å². The summed E-state index contributed by atoms with van der Waals surface area (Å²) in [4.78, 5) is 23.2. The molecule has 0 spiro atoms. The van der Waals surface area contributed by atoms with E-state index in [9.17, 15) is 9.59 Å². The van der Waals surface area contributed by atoms with Crippen LogP contribution in [-0.4, -0.2) is 9.13 Å². The Balaban J connectivity index is 3.43. The van der Waals surface area contributed by atoms with Gasteiger partial charge in [0.25, 0.3) is 5.56 Å². The van der Waals surface area contributed by atoms with Gasteiger partial charge < -0.3 is 4.57 Å². The minimum absolute atomic E-state index is 0.176. The van der Waals surface area contributed by atoms with E-state index >= 15 is 0 Å². The summed E-state index contributed by atoms with van der Waals surface area (Å²) in [5.41, 5.74) is 0.245. The summed E-state index contributed by atoms with van der Waals surface area (Å²) in [6.07, 6.45) is 2.53. The molecule has 4 heteroatoms. The van der Waals surface area contributed by atoms with Gasteiger partial charge in [-0.05, 0) is 20.3 Å². The van der Waals surface area contributed by atoms with Crippen molar-refractivity contribution in [2.75, 3.05) is 0 Å². The minimum Gasteiger partial charge on any atom is -0.300 e. The Hall–Kier alpha value is -1.32. The molecule has 0 saturated heterocycles. The van der Waals surface area contributed by atoms with Gasteiger partial charge in [-0.3, -0.25) is 9.36 Å². The van der Waals surface area contributed by atoms with Crippen LogP contribution in [0.2, 0.25) is 0 Å². The zero-order valence-corrected chi connectivity index (χ0v) is 8.91. The highest BCUT2D eigenvalue weighted by molar-refractivity contribution is 5.02. The van der Waals surface area contributed by atoms with Gasteiger partial charge in [0.2, 0.25) is 0 Å². The molecule has 0 bridgehead atoms. The van der Waals surface area contributed by atoms with Gasteiger partial charge in [0.1, 0.15) is 0 Å². The van der Waals surface area contributed by atoms with E-state index < -0.39 is 0 Å². The first-order valence-electron chi connectivity index (χ1n) is 4.92. The van der Waals surface area contributed by atoms with Crippen LogP contribution in [0.15, 0.2) is 15.8 Å². The Morgan fingerprint density at radius 3 is 2.43 bits per heavy atom. The maximum Gasteiger partial charge on any atom is 0.330 e. The molecule has 1 aromatic rings. The number of hydrogen-bond acceptors (Lipinski definition) is 2. The van der Waals surface area contributed by atoms with Crippen molar-refractivity contribution in [3.63, 3.8) is 0 Å². The highest BCUT2D eigenvalue weighted by atomic mass is 16.2. The average molecular weight is 196 g/mol. The lowest BCUT2D eigenvalue weighted by Crippen LogP contribution is -2.40. The average Bonchev–Trinajstić information content (AvgIpc) is 2.16. The summed E-state index contributed by atoms with van der Waals surface area (Å²) in [5.74, 6) is 0. The van der Waals surface area contributed by atoms with Crippen LogP contribution in [0.5, 0.6) is 0 Å². The molecule has 0 aromatic carbocycles. The fraction of sp³-hybridized carbons (Fsp3) is 0.600. The van der Waals surface area contributed by atoms with E-state index in [2.05, 4.69) is 0 Å². The molecule has 0 aliphatic rings. The second-order valence-corrected chi connectivity index (χ2v) is 3.34. The highest BCUT2D eigenvalue weighted by Gasteiger charge is 2.05. The lowest BCUT2D eigenvalue weighted by atomic mass is 10.3. The lowest BCUT2D eigenvalue weighted by molar-refractivity contribution is 0.557. The van der Waals surface area contributed by atoms with E-state index in [1.54, 1.807) is 24.6 Å². The Morgan fingerprint density at radius 1 is 1.29 bits per heavy atom. The first-order chi connectivity index (χ1) is 6.61. The van der Waals surface area contributed by atoms with Crippen molar-refractivity contribution in [3.8, 4) is 0 Å². The lowest BCUT2D eigenvalue weighted by Gasteiger charge is -2.08. The second kappa shape index (κ2) is 4.26. The first kappa shape index (κ1) is 10.8. The molecule has 0 fully saturated rings. The molecule has 0 N–H and O–H groups in total. The Morgan fingerprint density at radius 2 is 1.93 bits per heavy atom. The SMILES string of the molecule is CCCn1cc(C)c(=O)n(CC)c1=O. The van der Waals surface area contributed by atoms with Gasteiger partial charge in [-0.25, -0.2) is 4.79 Å². The Labute approximate surface area is 82.8 Å². The second-order valence-electron chi connectivity index (χ2n) is 3.34. The summed E-state index contributed by atoms with van der Waals surface area (Å²) >= 11 is 0. The third-order valence-corrected chi connectivity index (χ3v) is 2.19. The van der Waals surface area contributed by atoms with E-state index in [-0.39, 0.29) is 11.2 Å². The number of aromatic nitrogens is 2. The monoisotopic (exact) mass is 196 g/mol. The van der Waals surface area contributed by atoms with Crippen LogP contribution >= 0.6 is 0 Å². The van der Waals surface area contributed by atoms with Crippen LogP contribution in [0.25, 0.3) is 0 Å². The molecule has 0 atom stereocenters. The molecule has 1 rings (SSSR count). The molecular formula is C10H16N2O2. The molecule has 14 heavy (non-hydrogen) atoms. The van der Waals surface area contributed by atoms with E-state index in [0.717, 1.165) is 6.42 Å². The molecule has 1 aromatic heterocycles. The molecule has 1 heterocycles. The molecule has 78 valence electrons. The summed E-state index contributed by atoms with van der Waals surface area (Å²) in [6.45, 7) is 6.64. The van der Waals surface area contributed by atoms with Crippen molar-refractivity contribution in [2.24, 2.45) is 0 Å². The van der Waals surface area contributed by atoms with Crippen molar-refractivity contribution in [3.05, 3.63) is 32.6 Å². The summed E-state index contributed by atoms with van der Waals surface area (Å²) in [5, 5.41) is 0. The number of hydrogen-bond donors (Lipinski definition) is 0. The molecule has 4 nitrogen and oxygen atoms in total. The van der Waals surface area contributed by atoms with Gasteiger partial charge in [-0.1, -0.05) is 6.92 Å². The standard InChI is InChI=1S/C10H16N2O2/c1-4-6-11-7-8(3)9(13)12(5-2)10(11)14/h7H,4-6H2,1-3H3. The maximum absolute atomic E-state index is 11.7. The largest absolute Gasteiger partial charge is 0.330 e. The molecule has 0 unspecified atom stereocenters. The van der Waals surface area contributed by atoms with Crippen molar-refractivity contribution in [1.82, 2.24) is 9.13 Å². The van der Waals surface area contributed by atoms with Crippen LogP contribution in [0.3, 0.4) is 0 Å². The molecular weight excluding hydrogens is 180 g/mol. The maximum atomic E-state index is 11.7. The van der Waals surface area contributed by atoms with Crippen molar-refractivity contribution < 1.29 is 0 Å². The quantitative estimate of drug-likeness (QED) is 0.716. The minimum atomic E-state index is -0.204. The van der Waals surface area contributed by atoms with Crippen molar-refractivity contribution in [1.29, 1.82) is 0 Å². The van der Waals surface area contributed by atoms with Crippen LogP contribution in [0.4, 0.5) is 0 Å². The molecule has 0 aliphatic carbocycles. The van der Waals surface area contributed by atoms with E-state index in [1.807, 2.05) is 6.92 Å². The number of rotatable bonds is 3. The summed E-state index contributed by atoms with van der Waals surface area (Å²) < 4.78 is 2.87. The third kappa shape index (κ3) is 1.78. The zero-order valence-electron chi connectivity index (χ0n) is 8.91. The smallest absolute Gasteiger partial charge is 0.300 e. The Kier molecular flexibility index (Phi) is 3.28. The van der Waals surface area contributed by atoms with Gasteiger partial charge in [-0.15, -0.1) is 0 Å². The predicted octanol–water partition coefficient (Wildman–Crippen LogP) is 0.748. The van der Waals surface area contributed by atoms with Gasteiger partial charge in [0, 0.05) is 24.8 Å². The van der Waals surface area contributed by atoms with Crippen LogP contribution in [-0.2, 0) is 13.1 Å². The topological polar surface area (TPSA) is 44.0 Å². The zero-order chi connectivity index (χ0) is 10.7. The van der Waals surface area contributed by atoms with E-state index in [1.165, 1.54) is 4.57 Å². The van der Waals surface area contributed by atoms with Gasteiger partial charge >= 0.3 is 5.69 Å². The predicted molar refractivity (Wildman–Crippen MR) is 55.7 cm³/mol. The molecule has 0 saturated carbocycles. The van der Waals surface area contributed by atoms with Crippen molar-refractivity contribution in [2.45, 2.75) is 40.3 Å². The normalized spacial score (nSPS) is 10.5. The summed E-state index contributed by atoms with van der Waals surface area (Å²) in [7, 11) is 0. The first-order valence-corrected chi connectivity index (χ1v) is 4.92. The molecule has 0 radical (unpaired) electrons. The fourth-order valence-electron chi connectivity index (χ4n) is 1.48. The molecule has 0 amide bonds. The van der Waals surface area contributed by atoms with Crippen LogP contribution in [0, 0.1) is 6.92 Å². The highest BCUT2D eigenvalue weighted by Crippen LogP contribution is 1.89. The summed E-state index contributed by atoms with van der Waals surface area (Å²) in [6, 6.07) is 0. The van der Waals surface area contributed by atoms with Gasteiger partial charge in [0.05, 0.1) is 0 Å². The van der Waals surface area contributed by atoms with Gasteiger partial charge in [-0.2, -0.15) is 0 Å². The number of nitrogens with zero attached hydrogens (tertiary/aromatic N) is 2. The van der Waals surface area contributed by atoms with E-state index in [4.69, 9.17) is 0 Å².